The van der Waals surface area contributed by atoms with Crippen LogP contribution in [0.2, 0.25) is 0 Å². The van der Waals surface area contributed by atoms with Crippen LogP contribution in [-0.4, -0.2) is 44.1 Å². The summed E-state index contributed by atoms with van der Waals surface area (Å²) in [7, 11) is -3.40. The lowest BCUT2D eigenvalue weighted by Crippen LogP contribution is -2.42. The second-order valence-electron chi connectivity index (χ2n) is 5.89. The summed E-state index contributed by atoms with van der Waals surface area (Å²) in [5.41, 5.74) is 6.20. The summed E-state index contributed by atoms with van der Waals surface area (Å²) in [4.78, 5) is 14.6. The Bertz CT molecular complexity index is 633. The highest BCUT2D eigenvalue weighted by Gasteiger charge is 2.28. The molecule has 0 spiro atoms. The third kappa shape index (κ3) is 3.50. The van der Waals surface area contributed by atoms with Gasteiger partial charge in [-0.1, -0.05) is 19.1 Å². The van der Waals surface area contributed by atoms with E-state index in [1.54, 1.807) is 30.0 Å². The molecule has 1 heterocycles. The van der Waals surface area contributed by atoms with E-state index in [2.05, 4.69) is 0 Å². The number of amides is 1. The highest BCUT2D eigenvalue weighted by Crippen LogP contribution is 2.24. The number of likely N-dealkylation sites (tertiary alicyclic amines) is 1. The Labute approximate surface area is 132 Å². The predicted molar refractivity (Wildman–Crippen MR) is 86.4 cm³/mol. The normalized spacial score (nSPS) is 18.2. The standard InChI is InChI=1S/C16H24N2O3S/c1-3-22(20,21)15-7-5-4-6-14(15)16(19)18-10-8-13(9-11-18)12(2)17/h4-7,12-13H,3,8-11,17H2,1-2H3. The van der Waals surface area contributed by atoms with Gasteiger partial charge in [-0.2, -0.15) is 0 Å². The summed E-state index contributed by atoms with van der Waals surface area (Å²) in [6.07, 6.45) is 1.73. The highest BCUT2D eigenvalue weighted by atomic mass is 32.2. The van der Waals surface area contributed by atoms with Crippen LogP contribution in [0, 0.1) is 5.92 Å². The highest BCUT2D eigenvalue weighted by molar-refractivity contribution is 7.91. The average Bonchev–Trinajstić information content (AvgIpc) is 2.54. The molecule has 0 aromatic heterocycles. The van der Waals surface area contributed by atoms with Crippen LogP contribution in [0.25, 0.3) is 0 Å². The Kier molecular flexibility index (Phi) is 5.24. The average molecular weight is 324 g/mol. The van der Waals surface area contributed by atoms with E-state index in [0.717, 1.165) is 12.8 Å². The van der Waals surface area contributed by atoms with Gasteiger partial charge in [-0.05, 0) is 37.8 Å². The fourth-order valence-electron chi connectivity index (χ4n) is 2.87. The van der Waals surface area contributed by atoms with E-state index in [-0.39, 0.29) is 28.2 Å². The van der Waals surface area contributed by atoms with Crippen LogP contribution in [0.5, 0.6) is 0 Å². The van der Waals surface area contributed by atoms with Crippen molar-refractivity contribution in [3.05, 3.63) is 29.8 Å². The Hall–Kier alpha value is -1.40. The number of benzene rings is 1. The molecule has 2 rings (SSSR count). The number of rotatable bonds is 4. The molecule has 0 saturated carbocycles. The van der Waals surface area contributed by atoms with Crippen molar-refractivity contribution in [1.29, 1.82) is 0 Å². The number of hydrogen-bond donors (Lipinski definition) is 1. The van der Waals surface area contributed by atoms with Gasteiger partial charge in [-0.3, -0.25) is 4.79 Å². The Morgan fingerprint density at radius 3 is 2.45 bits per heavy atom. The maximum absolute atomic E-state index is 12.7. The third-order valence-corrected chi connectivity index (χ3v) is 6.19. The van der Waals surface area contributed by atoms with E-state index < -0.39 is 9.84 Å². The molecule has 0 bridgehead atoms. The first-order valence-electron chi connectivity index (χ1n) is 7.73. The van der Waals surface area contributed by atoms with Gasteiger partial charge in [-0.25, -0.2) is 8.42 Å². The molecule has 5 nitrogen and oxygen atoms in total. The zero-order valence-electron chi connectivity index (χ0n) is 13.2. The number of nitrogens with two attached hydrogens (primary N) is 1. The molecule has 1 saturated heterocycles. The molecule has 0 aliphatic carbocycles. The van der Waals surface area contributed by atoms with Gasteiger partial charge in [0, 0.05) is 19.1 Å². The molecular formula is C16H24N2O3S. The lowest BCUT2D eigenvalue weighted by atomic mass is 9.90. The number of nitrogens with zero attached hydrogens (tertiary/aromatic N) is 1. The molecule has 1 aliphatic heterocycles. The summed E-state index contributed by atoms with van der Waals surface area (Å²) in [5, 5.41) is 0. The molecule has 1 amide bonds. The van der Waals surface area contributed by atoms with Crippen LogP contribution in [0.1, 0.15) is 37.0 Å². The summed E-state index contributed by atoms with van der Waals surface area (Å²) >= 11 is 0. The molecule has 122 valence electrons. The van der Waals surface area contributed by atoms with Crippen LogP contribution in [0.3, 0.4) is 0 Å². The SMILES string of the molecule is CCS(=O)(=O)c1ccccc1C(=O)N1CCC(C(C)N)CC1. The van der Waals surface area contributed by atoms with Crippen molar-refractivity contribution in [2.45, 2.75) is 37.6 Å². The van der Waals surface area contributed by atoms with Gasteiger partial charge < -0.3 is 10.6 Å². The van der Waals surface area contributed by atoms with Crippen molar-refractivity contribution in [1.82, 2.24) is 4.90 Å². The lowest BCUT2D eigenvalue weighted by Gasteiger charge is -2.34. The van der Waals surface area contributed by atoms with Crippen molar-refractivity contribution in [2.75, 3.05) is 18.8 Å². The number of sulfone groups is 1. The van der Waals surface area contributed by atoms with Gasteiger partial charge >= 0.3 is 0 Å². The first-order valence-corrected chi connectivity index (χ1v) is 9.38. The molecule has 1 fully saturated rings. The second-order valence-corrected chi connectivity index (χ2v) is 8.14. The van der Waals surface area contributed by atoms with Crippen molar-refractivity contribution >= 4 is 15.7 Å². The topological polar surface area (TPSA) is 80.5 Å². The van der Waals surface area contributed by atoms with Crippen molar-refractivity contribution in [2.24, 2.45) is 11.7 Å². The van der Waals surface area contributed by atoms with Gasteiger partial charge in [0.1, 0.15) is 0 Å². The van der Waals surface area contributed by atoms with Crippen LogP contribution >= 0.6 is 0 Å². The van der Waals surface area contributed by atoms with Gasteiger partial charge in [0.15, 0.2) is 9.84 Å². The molecule has 2 N–H and O–H groups in total. The van der Waals surface area contributed by atoms with Gasteiger partial charge in [0.2, 0.25) is 0 Å². The molecule has 1 aliphatic rings. The number of hydrogen-bond acceptors (Lipinski definition) is 4. The first kappa shape index (κ1) is 17.0. The van der Waals surface area contributed by atoms with Crippen LogP contribution in [0.4, 0.5) is 0 Å². The summed E-state index contributed by atoms with van der Waals surface area (Å²) in [6, 6.07) is 6.60. The van der Waals surface area contributed by atoms with Crippen LogP contribution < -0.4 is 5.73 Å². The first-order chi connectivity index (χ1) is 10.4. The van der Waals surface area contributed by atoms with E-state index in [4.69, 9.17) is 5.73 Å². The number of carbonyl (C=O) groups excluding carboxylic acids is 1. The molecule has 1 aromatic rings. The monoisotopic (exact) mass is 324 g/mol. The molecule has 0 radical (unpaired) electrons. The summed E-state index contributed by atoms with van der Waals surface area (Å²) < 4.78 is 24.3. The zero-order chi connectivity index (χ0) is 16.3. The summed E-state index contributed by atoms with van der Waals surface area (Å²) in [5.74, 6) is 0.221. The van der Waals surface area contributed by atoms with Gasteiger partial charge in [0.25, 0.3) is 5.91 Å². The summed E-state index contributed by atoms with van der Waals surface area (Å²) in [6.45, 7) is 4.84. The minimum Gasteiger partial charge on any atom is -0.339 e. The molecule has 6 heteroatoms. The predicted octanol–water partition coefficient (Wildman–Crippen LogP) is 1.68. The second kappa shape index (κ2) is 6.79. The lowest BCUT2D eigenvalue weighted by molar-refractivity contribution is 0.0677. The van der Waals surface area contributed by atoms with Crippen molar-refractivity contribution in [3.63, 3.8) is 0 Å². The van der Waals surface area contributed by atoms with Crippen LogP contribution in [-0.2, 0) is 9.84 Å². The Morgan fingerprint density at radius 1 is 1.32 bits per heavy atom. The van der Waals surface area contributed by atoms with Crippen molar-refractivity contribution in [3.8, 4) is 0 Å². The van der Waals surface area contributed by atoms with E-state index in [0.29, 0.717) is 19.0 Å². The fourth-order valence-corrected chi connectivity index (χ4v) is 3.96. The fraction of sp³-hybridized carbons (Fsp3) is 0.562. The Morgan fingerprint density at radius 2 is 1.91 bits per heavy atom. The molecule has 1 aromatic carbocycles. The molecular weight excluding hydrogens is 300 g/mol. The maximum atomic E-state index is 12.7. The minimum absolute atomic E-state index is 0.00987. The Balaban J connectivity index is 2.22. The van der Waals surface area contributed by atoms with E-state index in [1.165, 1.54) is 6.07 Å². The van der Waals surface area contributed by atoms with Crippen molar-refractivity contribution < 1.29 is 13.2 Å². The van der Waals surface area contributed by atoms with Crippen LogP contribution in [0.15, 0.2) is 29.2 Å². The van der Waals surface area contributed by atoms with E-state index >= 15 is 0 Å². The largest absolute Gasteiger partial charge is 0.339 e. The number of piperidine rings is 1. The van der Waals surface area contributed by atoms with Gasteiger partial charge in [0.05, 0.1) is 16.2 Å². The third-order valence-electron chi connectivity index (χ3n) is 4.40. The smallest absolute Gasteiger partial charge is 0.255 e. The molecule has 1 atom stereocenters. The molecule has 1 unspecified atom stereocenters. The minimum atomic E-state index is -3.40. The van der Waals surface area contributed by atoms with E-state index in [9.17, 15) is 13.2 Å². The molecule has 22 heavy (non-hydrogen) atoms. The quantitative estimate of drug-likeness (QED) is 0.914. The van der Waals surface area contributed by atoms with Gasteiger partial charge in [-0.15, -0.1) is 0 Å². The number of carbonyl (C=O) groups is 1. The zero-order valence-corrected chi connectivity index (χ0v) is 14.0. The maximum Gasteiger partial charge on any atom is 0.255 e. The van der Waals surface area contributed by atoms with E-state index in [1.807, 2.05) is 6.92 Å².